The Labute approximate surface area is 202 Å². The average Bonchev–Trinajstić information content (AvgIpc) is 3.28. The molecule has 34 heavy (non-hydrogen) atoms. The van der Waals surface area contributed by atoms with Crippen LogP contribution in [0, 0.1) is 0 Å². The maximum atomic E-state index is 12.6. The number of hydrogen-bond donors (Lipinski definition) is 1. The van der Waals surface area contributed by atoms with Gasteiger partial charge in [0.15, 0.2) is 11.5 Å². The van der Waals surface area contributed by atoms with E-state index in [1.54, 1.807) is 48.4 Å². The zero-order chi connectivity index (χ0) is 24.8. The SMILES string of the molecule is CCOC(=O)c1cc(-c2cc(OC)c(OC)c(OC)c2)c(-c2ccc(OC)c(N=C(C)N)c2)s1. The molecule has 0 unspecified atom stereocenters. The van der Waals surface area contributed by atoms with Crippen LogP contribution in [0.15, 0.2) is 41.4 Å². The zero-order valence-electron chi connectivity index (χ0n) is 20.1. The molecule has 0 amide bonds. The first kappa shape index (κ1) is 24.9. The molecular formula is C25H28N2O6S. The lowest BCUT2D eigenvalue weighted by atomic mass is 10.0. The Hall–Kier alpha value is -3.72. The minimum Gasteiger partial charge on any atom is -0.494 e. The number of amidine groups is 1. The van der Waals surface area contributed by atoms with Crippen LogP contribution in [0.2, 0.25) is 0 Å². The Morgan fingerprint density at radius 2 is 1.56 bits per heavy atom. The van der Waals surface area contributed by atoms with Crippen molar-refractivity contribution in [1.82, 2.24) is 0 Å². The van der Waals surface area contributed by atoms with Crippen LogP contribution < -0.4 is 24.7 Å². The molecule has 0 bridgehead atoms. The molecule has 0 radical (unpaired) electrons. The first-order valence-electron chi connectivity index (χ1n) is 10.5. The van der Waals surface area contributed by atoms with Gasteiger partial charge >= 0.3 is 5.97 Å². The number of methoxy groups -OCH3 is 4. The number of benzene rings is 2. The predicted molar refractivity (Wildman–Crippen MR) is 134 cm³/mol. The number of nitrogens with zero attached hydrogens (tertiary/aromatic N) is 1. The maximum Gasteiger partial charge on any atom is 0.348 e. The van der Waals surface area contributed by atoms with E-state index in [1.807, 2.05) is 30.3 Å². The van der Waals surface area contributed by atoms with Gasteiger partial charge in [0.25, 0.3) is 0 Å². The van der Waals surface area contributed by atoms with E-state index in [2.05, 4.69) is 4.99 Å². The Bertz CT molecular complexity index is 1190. The Morgan fingerprint density at radius 3 is 2.09 bits per heavy atom. The molecule has 0 atom stereocenters. The quantitative estimate of drug-likeness (QED) is 0.250. The highest BCUT2D eigenvalue weighted by atomic mass is 32.1. The largest absolute Gasteiger partial charge is 0.494 e. The monoisotopic (exact) mass is 484 g/mol. The fraction of sp³-hybridized carbons (Fsp3) is 0.280. The predicted octanol–water partition coefficient (Wildman–Crippen LogP) is 5.30. The third-order valence-corrected chi connectivity index (χ3v) is 6.09. The minimum atomic E-state index is -0.392. The number of rotatable bonds is 9. The van der Waals surface area contributed by atoms with E-state index in [0.29, 0.717) is 39.4 Å². The van der Waals surface area contributed by atoms with Crippen molar-refractivity contribution in [3.05, 3.63) is 41.3 Å². The first-order valence-corrected chi connectivity index (χ1v) is 11.3. The minimum absolute atomic E-state index is 0.281. The van der Waals surface area contributed by atoms with E-state index < -0.39 is 5.97 Å². The topological polar surface area (TPSA) is 102 Å². The van der Waals surface area contributed by atoms with Crippen molar-refractivity contribution in [2.45, 2.75) is 13.8 Å². The number of hydrogen-bond acceptors (Lipinski definition) is 8. The third-order valence-electron chi connectivity index (χ3n) is 4.92. The van der Waals surface area contributed by atoms with E-state index in [1.165, 1.54) is 11.3 Å². The number of esters is 1. The van der Waals surface area contributed by atoms with Gasteiger partial charge in [-0.25, -0.2) is 9.79 Å². The molecule has 3 aromatic rings. The van der Waals surface area contributed by atoms with Crippen LogP contribution in [0.4, 0.5) is 5.69 Å². The molecule has 0 saturated carbocycles. The zero-order valence-corrected chi connectivity index (χ0v) is 20.9. The van der Waals surface area contributed by atoms with Gasteiger partial charge < -0.3 is 29.4 Å². The standard InChI is InChI=1S/C25H28N2O6S/c1-7-33-25(28)22-13-17(16-11-20(30-4)23(32-6)21(12-16)31-5)24(34-22)15-8-9-19(29-3)18(10-15)27-14(2)26/h8-13H,7H2,1-6H3,(H2,26,27). The lowest BCUT2D eigenvalue weighted by molar-refractivity contribution is 0.0532. The van der Waals surface area contributed by atoms with Crippen LogP contribution in [0.25, 0.3) is 21.6 Å². The number of nitrogens with two attached hydrogens (primary N) is 1. The van der Waals surface area contributed by atoms with E-state index in [0.717, 1.165) is 21.6 Å². The van der Waals surface area contributed by atoms with E-state index in [-0.39, 0.29) is 6.61 Å². The summed E-state index contributed by atoms with van der Waals surface area (Å²) < 4.78 is 27.2. The summed E-state index contributed by atoms with van der Waals surface area (Å²) in [6.45, 7) is 3.76. The third kappa shape index (κ3) is 5.09. The van der Waals surface area contributed by atoms with Crippen molar-refractivity contribution >= 4 is 28.8 Å². The number of aliphatic imine (C=N–C) groups is 1. The second-order valence-electron chi connectivity index (χ2n) is 7.13. The lowest BCUT2D eigenvalue weighted by Crippen LogP contribution is -2.04. The van der Waals surface area contributed by atoms with Crippen LogP contribution in [-0.4, -0.2) is 46.9 Å². The molecule has 0 fully saturated rings. The molecule has 180 valence electrons. The molecule has 0 aliphatic rings. The summed E-state index contributed by atoms with van der Waals surface area (Å²) in [5.41, 5.74) is 8.83. The van der Waals surface area contributed by atoms with Crippen molar-refractivity contribution in [3.63, 3.8) is 0 Å². The highest BCUT2D eigenvalue weighted by Gasteiger charge is 2.22. The molecule has 2 N–H and O–H groups in total. The van der Waals surface area contributed by atoms with Gasteiger partial charge in [0.1, 0.15) is 16.3 Å². The van der Waals surface area contributed by atoms with Crippen molar-refractivity contribution < 1.29 is 28.5 Å². The van der Waals surface area contributed by atoms with Gasteiger partial charge in [-0.05, 0) is 61.4 Å². The van der Waals surface area contributed by atoms with Crippen LogP contribution in [-0.2, 0) is 4.74 Å². The highest BCUT2D eigenvalue weighted by molar-refractivity contribution is 7.18. The molecule has 9 heteroatoms. The van der Waals surface area contributed by atoms with Gasteiger partial charge in [0.05, 0.1) is 40.9 Å². The Kier molecular flexibility index (Phi) is 8.01. The van der Waals surface area contributed by atoms with Gasteiger partial charge in [-0.1, -0.05) is 0 Å². The lowest BCUT2D eigenvalue weighted by Gasteiger charge is -2.15. The number of carbonyl (C=O) groups is 1. The van der Waals surface area contributed by atoms with Crippen LogP contribution >= 0.6 is 11.3 Å². The van der Waals surface area contributed by atoms with Gasteiger partial charge in [-0.2, -0.15) is 0 Å². The molecule has 1 heterocycles. The molecule has 8 nitrogen and oxygen atoms in total. The summed E-state index contributed by atoms with van der Waals surface area (Å²) >= 11 is 1.33. The van der Waals surface area contributed by atoms with E-state index in [4.69, 9.17) is 29.4 Å². The van der Waals surface area contributed by atoms with Gasteiger partial charge in [-0.3, -0.25) is 0 Å². The summed E-state index contributed by atoms with van der Waals surface area (Å²) in [5.74, 6) is 2.09. The average molecular weight is 485 g/mol. The second kappa shape index (κ2) is 10.9. The van der Waals surface area contributed by atoms with Crippen molar-refractivity contribution in [2.24, 2.45) is 10.7 Å². The first-order chi connectivity index (χ1) is 16.4. The maximum absolute atomic E-state index is 12.6. The van der Waals surface area contributed by atoms with Crippen molar-refractivity contribution in [3.8, 4) is 44.6 Å². The molecule has 0 aliphatic heterocycles. The molecule has 0 aliphatic carbocycles. The van der Waals surface area contributed by atoms with Crippen molar-refractivity contribution in [2.75, 3.05) is 35.0 Å². The normalized spacial score (nSPS) is 11.2. The smallest absolute Gasteiger partial charge is 0.348 e. The molecular weight excluding hydrogens is 456 g/mol. The Balaban J connectivity index is 2.28. The van der Waals surface area contributed by atoms with E-state index >= 15 is 0 Å². The van der Waals surface area contributed by atoms with Gasteiger partial charge in [0, 0.05) is 10.4 Å². The summed E-state index contributed by atoms with van der Waals surface area (Å²) in [6.07, 6.45) is 0. The highest BCUT2D eigenvalue weighted by Crippen LogP contribution is 2.47. The van der Waals surface area contributed by atoms with Crippen LogP contribution in [0.1, 0.15) is 23.5 Å². The summed E-state index contributed by atoms with van der Waals surface area (Å²) in [6, 6.07) is 11.1. The van der Waals surface area contributed by atoms with Crippen LogP contribution in [0.3, 0.4) is 0 Å². The van der Waals surface area contributed by atoms with Gasteiger partial charge in [0.2, 0.25) is 5.75 Å². The fourth-order valence-electron chi connectivity index (χ4n) is 3.47. The van der Waals surface area contributed by atoms with E-state index in [9.17, 15) is 4.79 Å². The second-order valence-corrected chi connectivity index (χ2v) is 8.18. The molecule has 0 saturated heterocycles. The summed E-state index contributed by atoms with van der Waals surface area (Å²) in [7, 11) is 6.24. The van der Waals surface area contributed by atoms with Crippen molar-refractivity contribution in [1.29, 1.82) is 0 Å². The molecule has 0 spiro atoms. The van der Waals surface area contributed by atoms with Gasteiger partial charge in [-0.15, -0.1) is 11.3 Å². The number of ether oxygens (including phenoxy) is 5. The Morgan fingerprint density at radius 1 is 0.912 bits per heavy atom. The molecule has 3 rings (SSSR count). The number of carbonyl (C=O) groups excluding carboxylic acids is 1. The molecule has 2 aromatic carbocycles. The van der Waals surface area contributed by atoms with Crippen LogP contribution in [0.5, 0.6) is 23.0 Å². The number of thiophene rings is 1. The molecule has 1 aromatic heterocycles. The summed E-state index contributed by atoms with van der Waals surface area (Å²) in [5, 5.41) is 0. The summed E-state index contributed by atoms with van der Waals surface area (Å²) in [4.78, 5) is 18.3. The fourth-order valence-corrected chi connectivity index (χ4v) is 4.54.